The third kappa shape index (κ3) is 9.64. The molecule has 0 aliphatic carbocycles. The van der Waals surface area contributed by atoms with Crippen LogP contribution in [0.25, 0.3) is 0 Å². The van der Waals surface area contributed by atoms with Gasteiger partial charge in [0.1, 0.15) is 11.6 Å². The summed E-state index contributed by atoms with van der Waals surface area (Å²) < 4.78 is 0. The van der Waals surface area contributed by atoms with Crippen LogP contribution in [0.3, 0.4) is 0 Å². The van der Waals surface area contributed by atoms with Crippen LogP contribution in [0.4, 0.5) is 0 Å². The van der Waals surface area contributed by atoms with E-state index in [1.807, 2.05) is 18.2 Å². The monoisotopic (exact) mass is 330 g/mol. The summed E-state index contributed by atoms with van der Waals surface area (Å²) in [7, 11) is 0. The van der Waals surface area contributed by atoms with Crippen molar-refractivity contribution in [2.45, 2.75) is 84.5 Å². The molecular weight excluding hydrogens is 296 g/mol. The summed E-state index contributed by atoms with van der Waals surface area (Å²) in [6.07, 6.45) is 12.0. The summed E-state index contributed by atoms with van der Waals surface area (Å²) in [5, 5.41) is 0. The van der Waals surface area contributed by atoms with Gasteiger partial charge >= 0.3 is 0 Å². The Bertz CT molecular complexity index is 464. The first-order valence-electron chi connectivity index (χ1n) is 9.69. The Hall–Kier alpha value is -1.44. The average molecular weight is 331 g/mol. The summed E-state index contributed by atoms with van der Waals surface area (Å²) in [4.78, 5) is 23.7. The molecular formula is C22H34O2. The van der Waals surface area contributed by atoms with Crippen molar-refractivity contribution in [2.24, 2.45) is 5.92 Å². The Morgan fingerprint density at radius 3 is 2.04 bits per heavy atom. The Kier molecular flexibility index (Phi) is 11.1. The van der Waals surface area contributed by atoms with E-state index in [1.54, 1.807) is 0 Å². The molecule has 134 valence electrons. The lowest BCUT2D eigenvalue weighted by Crippen LogP contribution is -2.19. The fourth-order valence-corrected chi connectivity index (χ4v) is 3.19. The maximum atomic E-state index is 12.4. The molecule has 1 aromatic rings. The number of carbonyl (C=O) groups is 2. The molecule has 0 spiro atoms. The van der Waals surface area contributed by atoms with Crippen LogP contribution in [0.15, 0.2) is 30.3 Å². The zero-order valence-corrected chi connectivity index (χ0v) is 15.6. The Labute approximate surface area is 148 Å². The van der Waals surface area contributed by atoms with E-state index in [1.165, 1.54) is 57.4 Å². The Morgan fingerprint density at radius 1 is 0.875 bits per heavy atom. The molecule has 0 saturated carbocycles. The second kappa shape index (κ2) is 12.9. The standard InChI is InChI=1S/C22H34O2/c1-3-4-5-6-7-8-9-13-16-21(22(24)17-19(2)23)18-20-14-11-10-12-15-20/h10-12,14-15,21H,3-9,13,16-18H2,1-2H3. The van der Waals surface area contributed by atoms with E-state index < -0.39 is 0 Å². The topological polar surface area (TPSA) is 34.1 Å². The molecule has 0 heterocycles. The van der Waals surface area contributed by atoms with E-state index >= 15 is 0 Å². The minimum Gasteiger partial charge on any atom is -0.300 e. The van der Waals surface area contributed by atoms with E-state index in [0.29, 0.717) is 0 Å². The molecule has 1 unspecified atom stereocenters. The van der Waals surface area contributed by atoms with Gasteiger partial charge < -0.3 is 0 Å². The SMILES string of the molecule is CCCCCCCCCCC(Cc1ccccc1)C(=O)CC(C)=O. The van der Waals surface area contributed by atoms with Crippen molar-refractivity contribution in [1.82, 2.24) is 0 Å². The smallest absolute Gasteiger partial charge is 0.143 e. The molecule has 24 heavy (non-hydrogen) atoms. The van der Waals surface area contributed by atoms with Crippen LogP contribution in [0.2, 0.25) is 0 Å². The molecule has 0 N–H and O–H groups in total. The van der Waals surface area contributed by atoms with Gasteiger partial charge in [0, 0.05) is 5.92 Å². The molecule has 0 aliphatic heterocycles. The number of hydrogen-bond donors (Lipinski definition) is 0. The fourth-order valence-electron chi connectivity index (χ4n) is 3.19. The summed E-state index contributed by atoms with van der Waals surface area (Å²) in [6, 6.07) is 10.2. The summed E-state index contributed by atoms with van der Waals surface area (Å²) in [5.74, 6) is 0.0969. The number of hydrogen-bond acceptors (Lipinski definition) is 2. The van der Waals surface area contributed by atoms with Gasteiger partial charge in [0.15, 0.2) is 0 Å². The number of unbranched alkanes of at least 4 members (excludes halogenated alkanes) is 7. The van der Waals surface area contributed by atoms with E-state index in [9.17, 15) is 9.59 Å². The second-order valence-corrected chi connectivity index (χ2v) is 7.00. The van der Waals surface area contributed by atoms with E-state index in [0.717, 1.165) is 19.3 Å². The minimum atomic E-state index is -0.0195. The van der Waals surface area contributed by atoms with Crippen molar-refractivity contribution < 1.29 is 9.59 Å². The molecule has 2 nitrogen and oxygen atoms in total. The van der Waals surface area contributed by atoms with Crippen LogP contribution in [0, 0.1) is 5.92 Å². The van der Waals surface area contributed by atoms with Crippen molar-refractivity contribution in [3.63, 3.8) is 0 Å². The zero-order chi connectivity index (χ0) is 17.6. The highest BCUT2D eigenvalue weighted by Crippen LogP contribution is 2.19. The molecule has 0 fully saturated rings. The Balaban J connectivity index is 2.36. The predicted octanol–water partition coefficient (Wildman–Crippen LogP) is 5.92. The number of benzene rings is 1. The predicted molar refractivity (Wildman–Crippen MR) is 101 cm³/mol. The quantitative estimate of drug-likeness (QED) is 0.313. The van der Waals surface area contributed by atoms with Gasteiger partial charge in [-0.15, -0.1) is 0 Å². The summed E-state index contributed by atoms with van der Waals surface area (Å²) in [5.41, 5.74) is 1.19. The highest BCUT2D eigenvalue weighted by Gasteiger charge is 2.19. The molecule has 0 saturated heterocycles. The lowest BCUT2D eigenvalue weighted by atomic mass is 9.88. The lowest BCUT2D eigenvalue weighted by molar-refractivity contribution is -0.128. The molecule has 2 heteroatoms. The van der Waals surface area contributed by atoms with Crippen molar-refractivity contribution in [1.29, 1.82) is 0 Å². The maximum absolute atomic E-state index is 12.4. The van der Waals surface area contributed by atoms with Gasteiger partial charge in [0.25, 0.3) is 0 Å². The molecule has 0 bridgehead atoms. The van der Waals surface area contributed by atoms with Crippen LogP contribution in [0.1, 0.15) is 83.6 Å². The van der Waals surface area contributed by atoms with Gasteiger partial charge in [-0.1, -0.05) is 88.6 Å². The van der Waals surface area contributed by atoms with Crippen molar-refractivity contribution in [3.05, 3.63) is 35.9 Å². The summed E-state index contributed by atoms with van der Waals surface area (Å²) >= 11 is 0. The van der Waals surface area contributed by atoms with Crippen LogP contribution in [-0.4, -0.2) is 11.6 Å². The number of rotatable bonds is 14. The molecule has 0 radical (unpaired) electrons. The zero-order valence-electron chi connectivity index (χ0n) is 15.6. The molecule has 1 rings (SSSR count). The molecule has 0 aromatic heterocycles. The van der Waals surface area contributed by atoms with Gasteiger partial charge in [-0.2, -0.15) is 0 Å². The van der Waals surface area contributed by atoms with Gasteiger partial charge in [0.05, 0.1) is 6.42 Å². The van der Waals surface area contributed by atoms with Crippen LogP contribution in [-0.2, 0) is 16.0 Å². The fraction of sp³-hybridized carbons (Fsp3) is 0.636. The third-order valence-electron chi connectivity index (χ3n) is 4.61. The van der Waals surface area contributed by atoms with E-state index in [-0.39, 0.29) is 23.9 Å². The maximum Gasteiger partial charge on any atom is 0.143 e. The first-order valence-corrected chi connectivity index (χ1v) is 9.69. The summed E-state index contributed by atoms with van der Waals surface area (Å²) in [6.45, 7) is 3.75. The molecule has 1 aromatic carbocycles. The second-order valence-electron chi connectivity index (χ2n) is 7.00. The number of carbonyl (C=O) groups excluding carboxylic acids is 2. The number of ketones is 2. The van der Waals surface area contributed by atoms with Crippen molar-refractivity contribution in [2.75, 3.05) is 0 Å². The van der Waals surface area contributed by atoms with Gasteiger partial charge in [-0.3, -0.25) is 9.59 Å². The highest BCUT2D eigenvalue weighted by atomic mass is 16.1. The van der Waals surface area contributed by atoms with Crippen LogP contribution < -0.4 is 0 Å². The first kappa shape index (κ1) is 20.6. The van der Waals surface area contributed by atoms with Gasteiger partial charge in [-0.05, 0) is 25.3 Å². The van der Waals surface area contributed by atoms with Gasteiger partial charge in [0.2, 0.25) is 0 Å². The van der Waals surface area contributed by atoms with Gasteiger partial charge in [-0.25, -0.2) is 0 Å². The van der Waals surface area contributed by atoms with Crippen molar-refractivity contribution >= 4 is 11.6 Å². The number of Topliss-reactive ketones (excluding diaryl/α,β-unsaturated/α-hetero) is 2. The lowest BCUT2D eigenvalue weighted by Gasteiger charge is -2.15. The molecule has 0 aliphatic rings. The normalized spacial score (nSPS) is 12.1. The van der Waals surface area contributed by atoms with E-state index in [4.69, 9.17) is 0 Å². The van der Waals surface area contributed by atoms with Crippen LogP contribution >= 0.6 is 0 Å². The largest absolute Gasteiger partial charge is 0.300 e. The Morgan fingerprint density at radius 2 is 1.46 bits per heavy atom. The average Bonchev–Trinajstić information content (AvgIpc) is 2.56. The van der Waals surface area contributed by atoms with Crippen LogP contribution in [0.5, 0.6) is 0 Å². The minimum absolute atomic E-state index is 0.00334. The molecule has 0 amide bonds. The third-order valence-corrected chi connectivity index (χ3v) is 4.61. The van der Waals surface area contributed by atoms with Crippen molar-refractivity contribution in [3.8, 4) is 0 Å². The van der Waals surface area contributed by atoms with E-state index in [2.05, 4.69) is 19.1 Å². The highest BCUT2D eigenvalue weighted by molar-refractivity contribution is 5.99. The first-order chi connectivity index (χ1) is 11.6. The molecule has 1 atom stereocenters.